The molecule has 14 heavy (non-hydrogen) atoms. The highest BCUT2D eigenvalue weighted by Gasteiger charge is 2.09. The number of pyridine rings is 1. The van der Waals surface area contributed by atoms with Crippen molar-refractivity contribution >= 4 is 5.57 Å². The van der Waals surface area contributed by atoms with Gasteiger partial charge in [-0.25, -0.2) is 0 Å². The Bertz CT molecular complexity index is 355. The van der Waals surface area contributed by atoms with Crippen molar-refractivity contribution in [2.45, 2.75) is 13.3 Å². The molecule has 0 unspecified atom stereocenters. The van der Waals surface area contributed by atoms with Gasteiger partial charge in [-0.15, -0.1) is 0 Å². The first-order valence-electron chi connectivity index (χ1n) is 5.05. The number of aromatic nitrogens is 1. The van der Waals surface area contributed by atoms with Gasteiger partial charge in [0.05, 0.1) is 0 Å². The molecule has 0 aliphatic carbocycles. The minimum atomic E-state index is 1.06. The lowest BCUT2D eigenvalue weighted by atomic mass is 10.0. The van der Waals surface area contributed by atoms with Gasteiger partial charge in [-0.1, -0.05) is 6.08 Å². The van der Waals surface area contributed by atoms with Gasteiger partial charge in [-0.05, 0) is 43.2 Å². The summed E-state index contributed by atoms with van der Waals surface area (Å²) in [6.07, 6.45) is 7.31. The molecule has 1 aromatic heterocycles. The van der Waals surface area contributed by atoms with Crippen LogP contribution in [0.15, 0.2) is 24.5 Å². The van der Waals surface area contributed by atoms with Crippen LogP contribution in [0.1, 0.15) is 17.5 Å². The smallest absolute Gasteiger partial charge is 0.0343 e. The summed E-state index contributed by atoms with van der Waals surface area (Å²) in [5.41, 5.74) is 3.97. The summed E-state index contributed by atoms with van der Waals surface area (Å²) < 4.78 is 0. The minimum absolute atomic E-state index is 1.06. The van der Waals surface area contributed by atoms with Crippen molar-refractivity contribution in [2.24, 2.45) is 0 Å². The first-order chi connectivity index (χ1) is 6.75. The number of rotatable bonds is 1. The molecule has 2 heterocycles. The van der Waals surface area contributed by atoms with Crippen LogP contribution < -0.4 is 0 Å². The number of aryl methyl sites for hydroxylation is 1. The van der Waals surface area contributed by atoms with Gasteiger partial charge >= 0.3 is 0 Å². The number of nitrogens with zero attached hydrogens (tertiary/aromatic N) is 2. The van der Waals surface area contributed by atoms with Gasteiger partial charge in [0, 0.05) is 25.5 Å². The van der Waals surface area contributed by atoms with E-state index in [0.29, 0.717) is 0 Å². The molecule has 0 atom stereocenters. The molecule has 2 nitrogen and oxygen atoms in total. The molecule has 0 spiro atoms. The second-order valence-corrected chi connectivity index (χ2v) is 3.99. The third-order valence-electron chi connectivity index (χ3n) is 2.66. The molecule has 0 N–H and O–H groups in total. The van der Waals surface area contributed by atoms with E-state index in [2.05, 4.69) is 36.0 Å². The SMILES string of the molecule is Cc1cncc(C2=CCN(C)CC2)c1. The Balaban J connectivity index is 2.23. The zero-order valence-corrected chi connectivity index (χ0v) is 8.83. The number of hydrogen-bond acceptors (Lipinski definition) is 2. The normalized spacial score (nSPS) is 18.0. The lowest BCUT2D eigenvalue weighted by Crippen LogP contribution is -2.23. The molecule has 2 heteroatoms. The third kappa shape index (κ3) is 2.02. The van der Waals surface area contributed by atoms with Crippen LogP contribution in [0.4, 0.5) is 0 Å². The molecule has 1 aliphatic heterocycles. The summed E-state index contributed by atoms with van der Waals surface area (Å²) in [5, 5.41) is 0. The van der Waals surface area contributed by atoms with Gasteiger partial charge in [-0.3, -0.25) is 4.98 Å². The molecule has 0 saturated heterocycles. The van der Waals surface area contributed by atoms with Crippen LogP contribution in [-0.4, -0.2) is 30.0 Å². The first kappa shape index (κ1) is 9.41. The van der Waals surface area contributed by atoms with Crippen molar-refractivity contribution in [3.05, 3.63) is 35.7 Å². The summed E-state index contributed by atoms with van der Waals surface area (Å²) in [7, 11) is 2.15. The zero-order chi connectivity index (χ0) is 9.97. The van der Waals surface area contributed by atoms with Crippen LogP contribution in [0, 0.1) is 6.92 Å². The highest BCUT2D eigenvalue weighted by Crippen LogP contribution is 2.21. The first-order valence-corrected chi connectivity index (χ1v) is 5.05. The fourth-order valence-electron chi connectivity index (χ4n) is 1.76. The van der Waals surface area contributed by atoms with Gasteiger partial charge in [0.1, 0.15) is 0 Å². The monoisotopic (exact) mass is 188 g/mol. The summed E-state index contributed by atoms with van der Waals surface area (Å²) >= 11 is 0. The number of hydrogen-bond donors (Lipinski definition) is 0. The summed E-state index contributed by atoms with van der Waals surface area (Å²) in [6.45, 7) is 4.30. The second kappa shape index (κ2) is 3.93. The summed E-state index contributed by atoms with van der Waals surface area (Å²) in [6, 6.07) is 2.21. The quantitative estimate of drug-likeness (QED) is 0.671. The lowest BCUT2D eigenvalue weighted by Gasteiger charge is -2.21. The van der Waals surface area contributed by atoms with Gasteiger partial charge in [0.25, 0.3) is 0 Å². The van der Waals surface area contributed by atoms with Crippen molar-refractivity contribution < 1.29 is 0 Å². The molecule has 74 valence electrons. The maximum atomic E-state index is 4.22. The Morgan fingerprint density at radius 1 is 1.36 bits per heavy atom. The largest absolute Gasteiger partial charge is 0.302 e. The third-order valence-corrected chi connectivity index (χ3v) is 2.66. The standard InChI is InChI=1S/C12H16N2/c1-10-7-12(9-13-8-10)11-3-5-14(2)6-4-11/h3,7-9H,4-6H2,1-2H3. The fourth-order valence-corrected chi connectivity index (χ4v) is 1.76. The predicted molar refractivity (Wildman–Crippen MR) is 59.1 cm³/mol. The topological polar surface area (TPSA) is 16.1 Å². The average molecular weight is 188 g/mol. The molecule has 0 saturated carbocycles. The van der Waals surface area contributed by atoms with Gasteiger partial charge < -0.3 is 4.90 Å². The molecular weight excluding hydrogens is 172 g/mol. The Morgan fingerprint density at radius 3 is 2.86 bits per heavy atom. The van der Waals surface area contributed by atoms with Crippen molar-refractivity contribution in [1.82, 2.24) is 9.88 Å². The second-order valence-electron chi connectivity index (χ2n) is 3.99. The van der Waals surface area contributed by atoms with E-state index in [1.165, 1.54) is 16.7 Å². The van der Waals surface area contributed by atoms with Gasteiger partial charge in [0.15, 0.2) is 0 Å². The molecule has 0 aromatic carbocycles. The molecule has 0 bridgehead atoms. The predicted octanol–water partition coefficient (Wildman–Crippen LogP) is 2.11. The Kier molecular flexibility index (Phi) is 2.64. The maximum absolute atomic E-state index is 4.22. The van der Waals surface area contributed by atoms with Crippen LogP contribution in [0.25, 0.3) is 5.57 Å². The van der Waals surface area contributed by atoms with E-state index in [0.717, 1.165) is 19.5 Å². The van der Waals surface area contributed by atoms with Crippen molar-refractivity contribution in [1.29, 1.82) is 0 Å². The Hall–Kier alpha value is -1.15. The maximum Gasteiger partial charge on any atom is 0.0343 e. The Labute approximate surface area is 85.3 Å². The lowest BCUT2D eigenvalue weighted by molar-refractivity contribution is 0.370. The highest BCUT2D eigenvalue weighted by molar-refractivity contribution is 5.66. The van der Waals surface area contributed by atoms with Crippen LogP contribution in [0.2, 0.25) is 0 Å². The highest BCUT2D eigenvalue weighted by atomic mass is 15.1. The van der Waals surface area contributed by atoms with E-state index in [9.17, 15) is 0 Å². The van der Waals surface area contributed by atoms with E-state index in [4.69, 9.17) is 0 Å². The van der Waals surface area contributed by atoms with Crippen molar-refractivity contribution in [2.75, 3.05) is 20.1 Å². The molecule has 0 amide bonds. The average Bonchev–Trinajstić information content (AvgIpc) is 2.19. The molecule has 0 radical (unpaired) electrons. The molecule has 0 fully saturated rings. The molecule has 1 aromatic rings. The zero-order valence-electron chi connectivity index (χ0n) is 8.83. The van der Waals surface area contributed by atoms with E-state index in [1.807, 2.05) is 12.4 Å². The summed E-state index contributed by atoms with van der Waals surface area (Å²) in [5.74, 6) is 0. The fraction of sp³-hybridized carbons (Fsp3) is 0.417. The van der Waals surface area contributed by atoms with E-state index >= 15 is 0 Å². The van der Waals surface area contributed by atoms with E-state index < -0.39 is 0 Å². The Morgan fingerprint density at radius 2 is 2.21 bits per heavy atom. The molecule has 1 aliphatic rings. The van der Waals surface area contributed by atoms with E-state index in [1.54, 1.807) is 0 Å². The minimum Gasteiger partial charge on any atom is -0.302 e. The van der Waals surface area contributed by atoms with Crippen LogP contribution >= 0.6 is 0 Å². The van der Waals surface area contributed by atoms with Gasteiger partial charge in [0.2, 0.25) is 0 Å². The molecule has 2 rings (SSSR count). The molecular formula is C12H16N2. The van der Waals surface area contributed by atoms with Gasteiger partial charge in [-0.2, -0.15) is 0 Å². The number of likely N-dealkylation sites (N-methyl/N-ethyl adjacent to an activating group) is 1. The van der Waals surface area contributed by atoms with Crippen molar-refractivity contribution in [3.63, 3.8) is 0 Å². The van der Waals surface area contributed by atoms with Crippen molar-refractivity contribution in [3.8, 4) is 0 Å². The van der Waals surface area contributed by atoms with Crippen LogP contribution in [0.3, 0.4) is 0 Å². The van der Waals surface area contributed by atoms with Crippen LogP contribution in [0.5, 0.6) is 0 Å². The van der Waals surface area contributed by atoms with Crippen LogP contribution in [-0.2, 0) is 0 Å². The van der Waals surface area contributed by atoms with E-state index in [-0.39, 0.29) is 0 Å². The summed E-state index contributed by atoms with van der Waals surface area (Å²) in [4.78, 5) is 6.55.